The second-order valence-electron chi connectivity index (χ2n) is 7.88. The fraction of sp³-hybridized carbons (Fsp3) is 0.538. The predicted octanol–water partition coefficient (Wildman–Crippen LogP) is 5.81. The van der Waals surface area contributed by atoms with E-state index in [0.29, 0.717) is 13.2 Å². The minimum absolute atomic E-state index is 0.716. The molecule has 0 saturated heterocycles. The molecule has 2 aromatic carbocycles. The van der Waals surface area contributed by atoms with Crippen molar-refractivity contribution in [3.8, 4) is 11.5 Å². The molecule has 0 aliphatic heterocycles. The summed E-state index contributed by atoms with van der Waals surface area (Å²) in [5.41, 5.74) is 1.71. The number of benzene rings is 2. The molecule has 0 unspecified atom stereocenters. The van der Waals surface area contributed by atoms with Crippen molar-refractivity contribution in [2.24, 2.45) is 0 Å². The van der Waals surface area contributed by atoms with Gasteiger partial charge in [0, 0.05) is 36.0 Å². The number of nitrogens with zero attached hydrogens (tertiary/aromatic N) is 2. The molecule has 0 radical (unpaired) electrons. The molecule has 1 aromatic heterocycles. The highest BCUT2D eigenvalue weighted by Gasteiger charge is 2.10. The minimum atomic E-state index is 0.716. The zero-order valence-corrected chi connectivity index (χ0v) is 19.7. The zero-order chi connectivity index (χ0) is 22.1. The van der Waals surface area contributed by atoms with Crippen LogP contribution in [0.25, 0.3) is 21.9 Å². The Bertz CT molecular complexity index is 855. The van der Waals surface area contributed by atoms with Crippen molar-refractivity contribution in [1.82, 2.24) is 9.80 Å². The lowest BCUT2D eigenvalue weighted by molar-refractivity contribution is 0.249. The fourth-order valence-corrected chi connectivity index (χ4v) is 3.95. The molecule has 3 rings (SSSR count). The molecular weight excluding hydrogens is 388 g/mol. The maximum atomic E-state index is 6.12. The molecule has 5 nitrogen and oxygen atoms in total. The number of fused-ring (bicyclic) bond motifs is 3. The lowest BCUT2D eigenvalue weighted by atomic mass is 10.1. The van der Waals surface area contributed by atoms with Gasteiger partial charge in [0.1, 0.15) is 22.7 Å². The van der Waals surface area contributed by atoms with Crippen LogP contribution in [0.4, 0.5) is 0 Å². The van der Waals surface area contributed by atoms with Gasteiger partial charge in [-0.05, 0) is 63.3 Å². The Hall–Kier alpha value is -2.24. The Morgan fingerprint density at radius 2 is 1.06 bits per heavy atom. The van der Waals surface area contributed by atoms with Crippen LogP contribution in [-0.4, -0.2) is 62.3 Å². The van der Waals surface area contributed by atoms with Crippen molar-refractivity contribution in [3.63, 3.8) is 0 Å². The Morgan fingerprint density at radius 3 is 1.45 bits per heavy atom. The molecule has 0 fully saturated rings. The average molecular weight is 427 g/mol. The lowest BCUT2D eigenvalue weighted by Gasteiger charge is -2.17. The Labute approximate surface area is 186 Å². The topological polar surface area (TPSA) is 38.1 Å². The van der Waals surface area contributed by atoms with Crippen molar-refractivity contribution < 1.29 is 13.9 Å². The van der Waals surface area contributed by atoms with Crippen LogP contribution in [0.1, 0.15) is 40.5 Å². The second kappa shape index (κ2) is 12.0. The molecule has 0 atom stereocenters. The number of rotatable bonds is 14. The normalized spacial score (nSPS) is 11.8. The van der Waals surface area contributed by atoms with E-state index < -0.39 is 0 Å². The van der Waals surface area contributed by atoms with E-state index in [1.54, 1.807) is 0 Å². The Kier molecular flexibility index (Phi) is 9.04. The van der Waals surface area contributed by atoms with Crippen LogP contribution in [0.3, 0.4) is 0 Å². The van der Waals surface area contributed by atoms with Crippen LogP contribution < -0.4 is 9.47 Å². The number of hydrogen-bond acceptors (Lipinski definition) is 5. The molecule has 0 amide bonds. The van der Waals surface area contributed by atoms with E-state index >= 15 is 0 Å². The monoisotopic (exact) mass is 426 g/mol. The summed E-state index contributed by atoms with van der Waals surface area (Å²) in [7, 11) is 0. The average Bonchev–Trinajstić information content (AvgIpc) is 3.16. The molecule has 0 aliphatic carbocycles. The molecule has 170 valence electrons. The summed E-state index contributed by atoms with van der Waals surface area (Å²) in [5, 5.41) is 2.22. The molecule has 5 heteroatoms. The summed E-state index contributed by atoms with van der Waals surface area (Å²) in [4.78, 5) is 4.82. The summed E-state index contributed by atoms with van der Waals surface area (Å²) in [6.45, 7) is 16.7. The van der Waals surface area contributed by atoms with Gasteiger partial charge in [-0.25, -0.2) is 0 Å². The molecule has 31 heavy (non-hydrogen) atoms. The maximum Gasteiger partial charge on any atom is 0.139 e. The van der Waals surface area contributed by atoms with Crippen molar-refractivity contribution in [2.45, 2.75) is 40.5 Å². The minimum Gasteiger partial charge on any atom is -0.493 e. The molecule has 0 saturated carbocycles. The third kappa shape index (κ3) is 6.37. The Morgan fingerprint density at radius 1 is 0.645 bits per heavy atom. The molecule has 1 heterocycles. The van der Waals surface area contributed by atoms with Crippen LogP contribution in [0, 0.1) is 0 Å². The van der Waals surface area contributed by atoms with Crippen molar-refractivity contribution in [1.29, 1.82) is 0 Å². The SMILES string of the molecule is CCN(CC)CCCOc1ccc2c(c1)oc1cc(OCCCN(CC)CC)ccc12. The van der Waals surface area contributed by atoms with Gasteiger partial charge in [0.15, 0.2) is 0 Å². The zero-order valence-electron chi connectivity index (χ0n) is 19.7. The lowest BCUT2D eigenvalue weighted by Crippen LogP contribution is -2.25. The van der Waals surface area contributed by atoms with Crippen LogP contribution in [0.2, 0.25) is 0 Å². The molecule has 0 spiro atoms. The highest BCUT2D eigenvalue weighted by molar-refractivity contribution is 6.05. The van der Waals surface area contributed by atoms with Gasteiger partial charge in [0.25, 0.3) is 0 Å². The molecular formula is C26H38N2O3. The first-order valence-electron chi connectivity index (χ1n) is 11.8. The van der Waals surface area contributed by atoms with E-state index in [1.165, 1.54) is 0 Å². The number of furan rings is 1. The van der Waals surface area contributed by atoms with Crippen molar-refractivity contribution >= 4 is 21.9 Å². The highest BCUT2D eigenvalue weighted by atomic mass is 16.5. The van der Waals surface area contributed by atoms with Gasteiger partial charge in [-0.15, -0.1) is 0 Å². The standard InChI is InChI=1S/C26H38N2O3/c1-5-27(6-2)15-9-17-29-21-11-13-23-24-14-12-22(20-26(24)31-25(23)19-21)30-18-10-16-28(7-3)8-4/h11-14,19-20H,5-10,15-18H2,1-4H3. The first kappa shape index (κ1) is 23.4. The first-order valence-corrected chi connectivity index (χ1v) is 11.8. The molecule has 0 bridgehead atoms. The predicted molar refractivity (Wildman–Crippen MR) is 130 cm³/mol. The third-order valence-corrected chi connectivity index (χ3v) is 5.98. The van der Waals surface area contributed by atoms with Crippen molar-refractivity contribution in [2.75, 3.05) is 52.5 Å². The summed E-state index contributed by atoms with van der Waals surface area (Å²) in [6, 6.07) is 12.2. The van der Waals surface area contributed by atoms with E-state index in [9.17, 15) is 0 Å². The smallest absolute Gasteiger partial charge is 0.139 e. The first-order chi connectivity index (χ1) is 15.2. The quantitative estimate of drug-likeness (QED) is 0.304. The van der Waals surface area contributed by atoms with Gasteiger partial charge in [0.05, 0.1) is 13.2 Å². The van der Waals surface area contributed by atoms with E-state index in [-0.39, 0.29) is 0 Å². The molecule has 0 aliphatic rings. The second-order valence-corrected chi connectivity index (χ2v) is 7.88. The van der Waals surface area contributed by atoms with E-state index in [2.05, 4.69) is 49.6 Å². The largest absolute Gasteiger partial charge is 0.493 e. The molecule has 3 aromatic rings. The summed E-state index contributed by atoms with van der Waals surface area (Å²) >= 11 is 0. The van der Waals surface area contributed by atoms with Crippen LogP contribution in [0.15, 0.2) is 40.8 Å². The third-order valence-electron chi connectivity index (χ3n) is 5.98. The Balaban J connectivity index is 1.58. The van der Waals surface area contributed by atoms with Crippen LogP contribution in [0.5, 0.6) is 11.5 Å². The summed E-state index contributed by atoms with van der Waals surface area (Å²) in [6.07, 6.45) is 2.05. The van der Waals surface area contributed by atoms with Gasteiger partial charge >= 0.3 is 0 Å². The van der Waals surface area contributed by atoms with Gasteiger partial charge < -0.3 is 23.7 Å². The number of hydrogen-bond donors (Lipinski definition) is 0. The fourth-order valence-electron chi connectivity index (χ4n) is 3.95. The van der Waals surface area contributed by atoms with Crippen molar-refractivity contribution in [3.05, 3.63) is 36.4 Å². The maximum absolute atomic E-state index is 6.12. The van der Waals surface area contributed by atoms with Gasteiger partial charge in [-0.2, -0.15) is 0 Å². The van der Waals surface area contributed by atoms with E-state index in [1.807, 2.05) is 24.3 Å². The van der Waals surface area contributed by atoms with Gasteiger partial charge in [-0.1, -0.05) is 27.7 Å². The highest BCUT2D eigenvalue weighted by Crippen LogP contribution is 2.33. The van der Waals surface area contributed by atoms with E-state index in [4.69, 9.17) is 13.9 Å². The van der Waals surface area contributed by atoms with Crippen LogP contribution >= 0.6 is 0 Å². The van der Waals surface area contributed by atoms with E-state index in [0.717, 1.165) is 85.5 Å². The van der Waals surface area contributed by atoms with Gasteiger partial charge in [-0.3, -0.25) is 0 Å². The van der Waals surface area contributed by atoms with Crippen LogP contribution in [-0.2, 0) is 0 Å². The van der Waals surface area contributed by atoms with Gasteiger partial charge in [0.2, 0.25) is 0 Å². The number of ether oxygens (including phenoxy) is 2. The summed E-state index contributed by atoms with van der Waals surface area (Å²) in [5.74, 6) is 1.72. The molecule has 0 N–H and O–H groups in total. The summed E-state index contributed by atoms with van der Waals surface area (Å²) < 4.78 is 18.0.